The lowest BCUT2D eigenvalue weighted by Gasteiger charge is -2.35. The summed E-state index contributed by atoms with van der Waals surface area (Å²) in [6, 6.07) is 2.77. The zero-order valence-electron chi connectivity index (χ0n) is 11.8. The zero-order chi connectivity index (χ0) is 13.4. The molecule has 0 aromatic carbocycles. The van der Waals surface area contributed by atoms with Crippen molar-refractivity contribution in [3.05, 3.63) is 11.9 Å². The SMILES string of the molecule is CC(C)c1nc(N)cc(N2CCN(C3CC3)CC2)n1. The van der Waals surface area contributed by atoms with Gasteiger partial charge in [0.1, 0.15) is 17.5 Å². The maximum atomic E-state index is 5.90. The molecule has 1 saturated heterocycles. The van der Waals surface area contributed by atoms with E-state index in [9.17, 15) is 0 Å². The largest absolute Gasteiger partial charge is 0.384 e. The zero-order valence-corrected chi connectivity index (χ0v) is 11.8. The Kier molecular flexibility index (Phi) is 3.31. The average molecular weight is 261 g/mol. The molecule has 19 heavy (non-hydrogen) atoms. The van der Waals surface area contributed by atoms with E-state index in [0.29, 0.717) is 11.7 Å². The van der Waals surface area contributed by atoms with Gasteiger partial charge in [0.05, 0.1) is 0 Å². The minimum Gasteiger partial charge on any atom is -0.384 e. The number of rotatable bonds is 3. The molecule has 1 aliphatic carbocycles. The van der Waals surface area contributed by atoms with Crippen LogP contribution in [0.15, 0.2) is 6.07 Å². The predicted molar refractivity (Wildman–Crippen MR) is 77.3 cm³/mol. The normalized spacial score (nSPS) is 21.1. The summed E-state index contributed by atoms with van der Waals surface area (Å²) in [5, 5.41) is 0. The lowest BCUT2D eigenvalue weighted by atomic mass is 10.2. The molecule has 104 valence electrons. The quantitative estimate of drug-likeness (QED) is 0.893. The molecule has 0 spiro atoms. The Morgan fingerprint density at radius 1 is 1.16 bits per heavy atom. The molecule has 0 unspecified atom stereocenters. The van der Waals surface area contributed by atoms with Crippen molar-refractivity contribution in [2.75, 3.05) is 36.8 Å². The highest BCUT2D eigenvalue weighted by atomic mass is 15.3. The Hall–Kier alpha value is -1.36. The average Bonchev–Trinajstić information content (AvgIpc) is 3.22. The summed E-state index contributed by atoms with van der Waals surface area (Å²) >= 11 is 0. The minimum absolute atomic E-state index is 0.315. The second-order valence-electron chi connectivity index (χ2n) is 5.92. The molecule has 2 N–H and O–H groups in total. The van der Waals surface area contributed by atoms with Crippen molar-refractivity contribution in [3.63, 3.8) is 0 Å². The van der Waals surface area contributed by atoms with Crippen LogP contribution in [0.1, 0.15) is 38.4 Å². The van der Waals surface area contributed by atoms with Crippen LogP contribution in [0.3, 0.4) is 0 Å². The van der Waals surface area contributed by atoms with Crippen LogP contribution in [-0.2, 0) is 0 Å². The van der Waals surface area contributed by atoms with E-state index in [-0.39, 0.29) is 0 Å². The van der Waals surface area contributed by atoms with Gasteiger partial charge in [0.15, 0.2) is 0 Å². The van der Waals surface area contributed by atoms with E-state index in [2.05, 4.69) is 33.6 Å². The maximum absolute atomic E-state index is 5.90. The van der Waals surface area contributed by atoms with Gasteiger partial charge < -0.3 is 10.6 Å². The molecule has 5 heteroatoms. The Bertz CT molecular complexity index is 447. The van der Waals surface area contributed by atoms with Gasteiger partial charge in [-0.2, -0.15) is 0 Å². The van der Waals surface area contributed by atoms with Crippen LogP contribution in [0.25, 0.3) is 0 Å². The molecule has 3 rings (SSSR count). The molecule has 0 bridgehead atoms. The molecular formula is C14H23N5. The summed E-state index contributed by atoms with van der Waals surface area (Å²) in [6.45, 7) is 8.58. The predicted octanol–water partition coefficient (Wildman–Crippen LogP) is 1.47. The van der Waals surface area contributed by atoms with E-state index in [0.717, 1.165) is 43.9 Å². The summed E-state index contributed by atoms with van der Waals surface area (Å²) in [4.78, 5) is 13.9. The molecule has 1 aliphatic heterocycles. The van der Waals surface area contributed by atoms with Crippen molar-refractivity contribution in [2.45, 2.75) is 38.6 Å². The van der Waals surface area contributed by atoms with Gasteiger partial charge in [-0.3, -0.25) is 4.90 Å². The van der Waals surface area contributed by atoms with Crippen LogP contribution >= 0.6 is 0 Å². The molecule has 0 atom stereocenters. The Morgan fingerprint density at radius 2 is 1.84 bits per heavy atom. The van der Waals surface area contributed by atoms with Crippen molar-refractivity contribution >= 4 is 11.6 Å². The molecule has 0 amide bonds. The molecule has 2 fully saturated rings. The van der Waals surface area contributed by atoms with Gasteiger partial charge in [-0.15, -0.1) is 0 Å². The molecule has 1 aromatic rings. The third kappa shape index (κ3) is 2.81. The van der Waals surface area contributed by atoms with Crippen molar-refractivity contribution < 1.29 is 0 Å². The molecule has 2 heterocycles. The summed E-state index contributed by atoms with van der Waals surface area (Å²) in [5.41, 5.74) is 5.90. The van der Waals surface area contributed by atoms with Crippen LogP contribution < -0.4 is 10.6 Å². The number of hydrogen-bond acceptors (Lipinski definition) is 5. The lowest BCUT2D eigenvalue weighted by molar-refractivity contribution is 0.247. The first-order valence-corrected chi connectivity index (χ1v) is 7.27. The molecule has 1 aromatic heterocycles. The molecular weight excluding hydrogens is 238 g/mol. The monoisotopic (exact) mass is 261 g/mol. The second-order valence-corrected chi connectivity index (χ2v) is 5.92. The van der Waals surface area contributed by atoms with Crippen LogP contribution in [0.4, 0.5) is 11.6 Å². The maximum Gasteiger partial charge on any atom is 0.135 e. The fraction of sp³-hybridized carbons (Fsp3) is 0.714. The first-order chi connectivity index (χ1) is 9.13. The molecule has 1 saturated carbocycles. The van der Waals surface area contributed by atoms with E-state index >= 15 is 0 Å². The van der Waals surface area contributed by atoms with Gasteiger partial charge in [0, 0.05) is 44.2 Å². The van der Waals surface area contributed by atoms with Crippen molar-refractivity contribution in [1.82, 2.24) is 14.9 Å². The summed E-state index contributed by atoms with van der Waals surface area (Å²) < 4.78 is 0. The number of aromatic nitrogens is 2. The standard InChI is InChI=1S/C14H23N5/c1-10(2)14-16-12(15)9-13(17-14)19-7-5-18(6-8-19)11-3-4-11/h9-11H,3-8H2,1-2H3,(H2,15,16,17). The van der Waals surface area contributed by atoms with Crippen LogP contribution in [0, 0.1) is 0 Å². The first-order valence-electron chi connectivity index (χ1n) is 7.27. The third-order valence-electron chi connectivity index (χ3n) is 3.97. The van der Waals surface area contributed by atoms with Gasteiger partial charge in [-0.25, -0.2) is 9.97 Å². The Labute approximate surface area is 114 Å². The number of anilines is 2. The highest BCUT2D eigenvalue weighted by Crippen LogP contribution is 2.28. The number of nitrogen functional groups attached to an aromatic ring is 1. The van der Waals surface area contributed by atoms with E-state index in [1.807, 2.05) is 6.07 Å². The van der Waals surface area contributed by atoms with Gasteiger partial charge in [0.25, 0.3) is 0 Å². The van der Waals surface area contributed by atoms with Crippen LogP contribution in [-0.4, -0.2) is 47.1 Å². The highest BCUT2D eigenvalue weighted by Gasteiger charge is 2.31. The summed E-state index contributed by atoms with van der Waals surface area (Å²) in [7, 11) is 0. The van der Waals surface area contributed by atoms with E-state index < -0.39 is 0 Å². The van der Waals surface area contributed by atoms with Crippen molar-refractivity contribution in [3.8, 4) is 0 Å². The third-order valence-corrected chi connectivity index (χ3v) is 3.97. The minimum atomic E-state index is 0.315. The van der Waals surface area contributed by atoms with Gasteiger partial charge in [-0.1, -0.05) is 13.8 Å². The smallest absolute Gasteiger partial charge is 0.135 e. The topological polar surface area (TPSA) is 58.3 Å². The first kappa shape index (κ1) is 12.7. The molecule has 5 nitrogen and oxygen atoms in total. The second kappa shape index (κ2) is 4.96. The lowest BCUT2D eigenvalue weighted by Crippen LogP contribution is -2.47. The van der Waals surface area contributed by atoms with E-state index in [4.69, 9.17) is 5.73 Å². The number of hydrogen-bond donors (Lipinski definition) is 1. The van der Waals surface area contributed by atoms with Gasteiger partial charge in [-0.05, 0) is 12.8 Å². The van der Waals surface area contributed by atoms with Gasteiger partial charge in [0.2, 0.25) is 0 Å². The van der Waals surface area contributed by atoms with Crippen molar-refractivity contribution in [2.24, 2.45) is 0 Å². The molecule has 0 radical (unpaired) electrons. The van der Waals surface area contributed by atoms with Crippen molar-refractivity contribution in [1.29, 1.82) is 0 Å². The Morgan fingerprint density at radius 3 is 2.42 bits per heavy atom. The molecule has 2 aliphatic rings. The summed E-state index contributed by atoms with van der Waals surface area (Å²) in [6.07, 6.45) is 2.77. The number of nitrogens with zero attached hydrogens (tertiary/aromatic N) is 4. The fourth-order valence-corrected chi connectivity index (χ4v) is 2.65. The van der Waals surface area contributed by atoms with Crippen LogP contribution in [0.5, 0.6) is 0 Å². The number of nitrogens with two attached hydrogens (primary N) is 1. The number of piperazine rings is 1. The van der Waals surface area contributed by atoms with E-state index in [1.165, 1.54) is 12.8 Å². The highest BCUT2D eigenvalue weighted by molar-refractivity contribution is 5.47. The fourth-order valence-electron chi connectivity index (χ4n) is 2.65. The van der Waals surface area contributed by atoms with Gasteiger partial charge >= 0.3 is 0 Å². The Balaban J connectivity index is 1.71. The van der Waals surface area contributed by atoms with Crippen LogP contribution in [0.2, 0.25) is 0 Å². The van der Waals surface area contributed by atoms with E-state index in [1.54, 1.807) is 0 Å². The summed E-state index contributed by atoms with van der Waals surface area (Å²) in [5.74, 6) is 2.74.